The summed E-state index contributed by atoms with van der Waals surface area (Å²) in [6.45, 7) is 7.53. The molecule has 0 spiro atoms. The van der Waals surface area contributed by atoms with Gasteiger partial charge in [0.2, 0.25) is 5.91 Å². The molecule has 0 aliphatic carbocycles. The third kappa shape index (κ3) is 3.57. The van der Waals surface area contributed by atoms with Crippen LogP contribution < -0.4 is 0 Å². The molecule has 1 amide bonds. The average molecular weight is 261 g/mol. The smallest absolute Gasteiger partial charge is 0.222 e. The van der Waals surface area contributed by atoms with Gasteiger partial charge in [-0.15, -0.1) is 0 Å². The highest BCUT2D eigenvalue weighted by Gasteiger charge is 2.28. The molecule has 0 radical (unpaired) electrons. The fourth-order valence-corrected chi connectivity index (χ4v) is 2.49. The topological polar surface area (TPSA) is 29.5 Å². The molecule has 1 aromatic carbocycles. The maximum atomic E-state index is 12.0. The van der Waals surface area contributed by atoms with E-state index in [0.29, 0.717) is 19.5 Å². The summed E-state index contributed by atoms with van der Waals surface area (Å²) in [7, 11) is 0. The first-order chi connectivity index (χ1) is 9.10. The van der Waals surface area contributed by atoms with Crippen molar-refractivity contribution < 1.29 is 9.53 Å². The maximum absolute atomic E-state index is 12.0. The third-order valence-electron chi connectivity index (χ3n) is 3.53. The zero-order chi connectivity index (χ0) is 13.8. The van der Waals surface area contributed by atoms with Crippen LogP contribution in [0.4, 0.5) is 0 Å². The van der Waals surface area contributed by atoms with E-state index in [4.69, 9.17) is 4.74 Å². The molecule has 1 heterocycles. The molecule has 1 fully saturated rings. The standard InChI is InChI=1S/C16H23NO2/c1-4-5-16(18)17-10-13(3)19-15(11-17)14-8-6-12(2)7-9-14/h6-9,13,15H,4-5,10-11H2,1-3H3. The lowest BCUT2D eigenvalue weighted by atomic mass is 10.0. The van der Waals surface area contributed by atoms with E-state index in [1.54, 1.807) is 0 Å². The lowest BCUT2D eigenvalue weighted by Gasteiger charge is -2.37. The summed E-state index contributed by atoms with van der Waals surface area (Å²) in [5.74, 6) is 0.245. The maximum Gasteiger partial charge on any atom is 0.222 e. The molecule has 3 heteroatoms. The van der Waals surface area contributed by atoms with Gasteiger partial charge in [0.1, 0.15) is 6.10 Å². The van der Waals surface area contributed by atoms with Gasteiger partial charge in [0.15, 0.2) is 0 Å². The van der Waals surface area contributed by atoms with E-state index in [9.17, 15) is 4.79 Å². The Morgan fingerprint density at radius 3 is 2.63 bits per heavy atom. The van der Waals surface area contributed by atoms with Crippen molar-refractivity contribution in [3.8, 4) is 0 Å². The van der Waals surface area contributed by atoms with Crippen molar-refractivity contribution in [3.63, 3.8) is 0 Å². The van der Waals surface area contributed by atoms with E-state index in [1.165, 1.54) is 5.56 Å². The molecule has 2 rings (SSSR count). The molecule has 1 aromatic rings. The van der Waals surface area contributed by atoms with Crippen LogP contribution in [0.2, 0.25) is 0 Å². The number of ether oxygens (including phenoxy) is 1. The Kier molecular flexibility index (Phi) is 4.59. The highest BCUT2D eigenvalue weighted by molar-refractivity contribution is 5.76. The van der Waals surface area contributed by atoms with Crippen LogP contribution in [-0.2, 0) is 9.53 Å². The normalized spacial score (nSPS) is 23.4. The Labute approximate surface area is 115 Å². The Balaban J connectivity index is 2.09. The number of benzene rings is 1. The molecule has 0 saturated carbocycles. The number of rotatable bonds is 3. The van der Waals surface area contributed by atoms with Gasteiger partial charge in [0.25, 0.3) is 0 Å². The van der Waals surface area contributed by atoms with Crippen molar-refractivity contribution >= 4 is 5.91 Å². The monoisotopic (exact) mass is 261 g/mol. The summed E-state index contributed by atoms with van der Waals surface area (Å²) in [5.41, 5.74) is 2.40. The molecular formula is C16H23NO2. The van der Waals surface area contributed by atoms with Crippen LogP contribution in [0.3, 0.4) is 0 Å². The highest BCUT2D eigenvalue weighted by Crippen LogP contribution is 2.25. The summed E-state index contributed by atoms with van der Waals surface area (Å²) < 4.78 is 5.98. The number of morpholine rings is 1. The van der Waals surface area contributed by atoms with Gasteiger partial charge < -0.3 is 9.64 Å². The van der Waals surface area contributed by atoms with Crippen LogP contribution in [-0.4, -0.2) is 30.0 Å². The van der Waals surface area contributed by atoms with Gasteiger partial charge in [-0.3, -0.25) is 4.79 Å². The Hall–Kier alpha value is -1.35. The molecule has 2 unspecified atom stereocenters. The molecule has 1 saturated heterocycles. The van der Waals surface area contributed by atoms with E-state index in [-0.39, 0.29) is 18.1 Å². The van der Waals surface area contributed by atoms with E-state index in [2.05, 4.69) is 31.2 Å². The molecule has 1 aliphatic heterocycles. The first kappa shape index (κ1) is 14.1. The van der Waals surface area contributed by atoms with Crippen molar-refractivity contribution in [1.82, 2.24) is 4.90 Å². The van der Waals surface area contributed by atoms with Crippen molar-refractivity contribution in [3.05, 3.63) is 35.4 Å². The van der Waals surface area contributed by atoms with E-state index < -0.39 is 0 Å². The van der Waals surface area contributed by atoms with Crippen LogP contribution in [0, 0.1) is 6.92 Å². The van der Waals surface area contributed by atoms with Crippen LogP contribution in [0.1, 0.15) is 43.9 Å². The molecule has 19 heavy (non-hydrogen) atoms. The highest BCUT2D eigenvalue weighted by atomic mass is 16.5. The van der Waals surface area contributed by atoms with Gasteiger partial charge in [0, 0.05) is 13.0 Å². The lowest BCUT2D eigenvalue weighted by molar-refractivity contribution is -0.144. The summed E-state index contributed by atoms with van der Waals surface area (Å²) in [5, 5.41) is 0. The molecule has 1 aliphatic rings. The number of carbonyl (C=O) groups is 1. The average Bonchev–Trinajstić information content (AvgIpc) is 2.39. The fourth-order valence-electron chi connectivity index (χ4n) is 2.49. The first-order valence-corrected chi connectivity index (χ1v) is 7.10. The zero-order valence-corrected chi connectivity index (χ0v) is 12.1. The Morgan fingerprint density at radius 1 is 1.32 bits per heavy atom. The summed E-state index contributed by atoms with van der Waals surface area (Å²) >= 11 is 0. The van der Waals surface area contributed by atoms with E-state index >= 15 is 0 Å². The quantitative estimate of drug-likeness (QED) is 0.837. The number of hydrogen-bond acceptors (Lipinski definition) is 2. The Bertz CT molecular complexity index is 427. The molecular weight excluding hydrogens is 238 g/mol. The van der Waals surface area contributed by atoms with Crippen molar-refractivity contribution in [2.45, 2.75) is 45.8 Å². The van der Waals surface area contributed by atoms with E-state index in [1.807, 2.05) is 18.7 Å². The predicted octanol–water partition coefficient (Wildman–Crippen LogP) is 3.08. The summed E-state index contributed by atoms with van der Waals surface area (Å²) in [4.78, 5) is 14.0. The number of aryl methyl sites for hydroxylation is 1. The number of nitrogens with zero attached hydrogens (tertiary/aromatic N) is 1. The van der Waals surface area contributed by atoms with Gasteiger partial charge in [0.05, 0.1) is 12.6 Å². The molecule has 104 valence electrons. The molecule has 0 N–H and O–H groups in total. The van der Waals surface area contributed by atoms with Gasteiger partial charge in [-0.2, -0.15) is 0 Å². The van der Waals surface area contributed by atoms with Gasteiger partial charge in [-0.25, -0.2) is 0 Å². The summed E-state index contributed by atoms with van der Waals surface area (Å²) in [6, 6.07) is 8.38. The summed E-state index contributed by atoms with van der Waals surface area (Å²) in [6.07, 6.45) is 1.64. The van der Waals surface area contributed by atoms with Gasteiger partial charge in [-0.05, 0) is 25.8 Å². The minimum Gasteiger partial charge on any atom is -0.367 e. The second-order valence-corrected chi connectivity index (χ2v) is 5.39. The Morgan fingerprint density at radius 2 is 2.00 bits per heavy atom. The lowest BCUT2D eigenvalue weighted by Crippen LogP contribution is -2.45. The fraction of sp³-hybridized carbons (Fsp3) is 0.562. The number of amides is 1. The number of hydrogen-bond donors (Lipinski definition) is 0. The second kappa shape index (κ2) is 6.20. The van der Waals surface area contributed by atoms with Gasteiger partial charge in [-0.1, -0.05) is 36.8 Å². The minimum atomic E-state index is 0.00477. The molecule has 0 bridgehead atoms. The SMILES string of the molecule is CCCC(=O)N1CC(C)OC(c2ccc(C)cc2)C1. The van der Waals surface area contributed by atoms with Crippen molar-refractivity contribution in [2.75, 3.05) is 13.1 Å². The molecule has 3 nitrogen and oxygen atoms in total. The van der Waals surface area contributed by atoms with E-state index in [0.717, 1.165) is 12.0 Å². The zero-order valence-electron chi connectivity index (χ0n) is 12.1. The second-order valence-electron chi connectivity index (χ2n) is 5.39. The van der Waals surface area contributed by atoms with Crippen molar-refractivity contribution in [2.24, 2.45) is 0 Å². The van der Waals surface area contributed by atoms with Crippen LogP contribution in [0.25, 0.3) is 0 Å². The first-order valence-electron chi connectivity index (χ1n) is 7.10. The number of carbonyl (C=O) groups excluding carboxylic acids is 1. The van der Waals surface area contributed by atoms with Crippen LogP contribution in [0.5, 0.6) is 0 Å². The van der Waals surface area contributed by atoms with Crippen LogP contribution >= 0.6 is 0 Å². The van der Waals surface area contributed by atoms with Crippen LogP contribution in [0.15, 0.2) is 24.3 Å². The largest absolute Gasteiger partial charge is 0.367 e. The predicted molar refractivity (Wildman–Crippen MR) is 76.0 cm³/mol. The van der Waals surface area contributed by atoms with Crippen molar-refractivity contribution in [1.29, 1.82) is 0 Å². The van der Waals surface area contributed by atoms with Gasteiger partial charge >= 0.3 is 0 Å². The molecule has 2 atom stereocenters. The minimum absolute atomic E-state index is 0.00477. The molecule has 0 aromatic heterocycles. The third-order valence-corrected chi connectivity index (χ3v) is 3.53.